The molecule has 4 aliphatic rings. The smallest absolute Gasteiger partial charge is 0.351 e. The van der Waals surface area contributed by atoms with Crippen molar-refractivity contribution in [3.63, 3.8) is 0 Å². The largest absolute Gasteiger partial charge is 2.00 e. The molecule has 10 aromatic carbocycles. The van der Waals surface area contributed by atoms with E-state index in [9.17, 15) is 0 Å². The summed E-state index contributed by atoms with van der Waals surface area (Å²) in [5.41, 5.74) is 31.1. The van der Waals surface area contributed by atoms with Gasteiger partial charge in [0.2, 0.25) is 0 Å². The number of hydrogen-bond donors (Lipinski definition) is 0. The minimum absolute atomic E-state index is 0. The number of aromatic nitrogens is 4. The second-order valence-electron chi connectivity index (χ2n) is 22.5. The van der Waals surface area contributed by atoms with Crippen molar-refractivity contribution in [2.45, 2.75) is 38.5 Å². The molecule has 4 heterocycles. The standard InChI is InChI=1S/2C38H25N2.Pt/c2*1-23-13-17-35-29(20-23)30-21-24(2)14-18-36(30)40(35)25-15-16-28-34(22-25)38(33-12-7-19-39-37(28)33)31-10-5-3-8-26(31)27-9-4-6-11-32(27)38;/h2*3-15,17-22H,1-2H3;/q2*-1;+2. The van der Waals surface area contributed by atoms with Gasteiger partial charge < -0.3 is 19.1 Å². The third kappa shape index (κ3) is 6.29. The summed E-state index contributed by atoms with van der Waals surface area (Å²) in [7, 11) is 0. The second-order valence-corrected chi connectivity index (χ2v) is 22.5. The normalized spacial score (nSPS) is 13.8. The molecule has 4 nitrogen and oxygen atoms in total. The van der Waals surface area contributed by atoms with Crippen LogP contribution in [0.5, 0.6) is 0 Å². The van der Waals surface area contributed by atoms with Gasteiger partial charge in [-0.3, -0.25) is 0 Å². The molecule has 2 spiro atoms. The van der Waals surface area contributed by atoms with Gasteiger partial charge in [0, 0.05) is 66.8 Å². The zero-order valence-electron chi connectivity index (χ0n) is 45.0. The van der Waals surface area contributed by atoms with E-state index in [4.69, 9.17) is 9.97 Å². The molecule has 0 amide bonds. The van der Waals surface area contributed by atoms with Gasteiger partial charge in [-0.05, 0) is 156 Å². The third-order valence-electron chi connectivity index (χ3n) is 18.1. The molecule has 0 fully saturated rings. The quantitative estimate of drug-likeness (QED) is 0.162. The molecule has 0 bridgehead atoms. The van der Waals surface area contributed by atoms with Crippen molar-refractivity contribution < 1.29 is 21.1 Å². The molecular formula is C76H50N4Pt. The molecule has 0 saturated heterocycles. The van der Waals surface area contributed by atoms with Crippen molar-refractivity contribution in [2.24, 2.45) is 0 Å². The minimum Gasteiger partial charge on any atom is -0.351 e. The van der Waals surface area contributed by atoms with Gasteiger partial charge in [-0.2, -0.15) is 0 Å². The van der Waals surface area contributed by atoms with Crippen LogP contribution in [-0.2, 0) is 31.9 Å². The van der Waals surface area contributed by atoms with E-state index in [2.05, 4.69) is 267 Å². The van der Waals surface area contributed by atoms with Crippen LogP contribution < -0.4 is 0 Å². The Balaban J connectivity index is 0.000000132. The maximum Gasteiger partial charge on any atom is 2.00 e. The molecule has 14 aromatic rings. The Kier molecular flexibility index (Phi) is 10.3. The van der Waals surface area contributed by atoms with Crippen LogP contribution in [0.2, 0.25) is 0 Å². The topological polar surface area (TPSA) is 35.6 Å². The minimum atomic E-state index is -0.426. The average Bonchev–Trinajstić information content (AvgIpc) is 4.03. The van der Waals surface area contributed by atoms with Gasteiger partial charge in [0.05, 0.1) is 0 Å². The van der Waals surface area contributed by atoms with Crippen LogP contribution in [-0.4, -0.2) is 19.1 Å². The summed E-state index contributed by atoms with van der Waals surface area (Å²) < 4.78 is 4.83. The number of rotatable bonds is 2. The van der Waals surface area contributed by atoms with Crippen LogP contribution in [0.3, 0.4) is 0 Å². The van der Waals surface area contributed by atoms with Gasteiger partial charge >= 0.3 is 21.1 Å². The predicted molar refractivity (Wildman–Crippen MR) is 326 cm³/mol. The van der Waals surface area contributed by atoms with Crippen LogP contribution >= 0.6 is 0 Å². The summed E-state index contributed by atoms with van der Waals surface area (Å²) in [6.45, 7) is 8.68. The number of aryl methyl sites for hydroxylation is 4. The maximum atomic E-state index is 4.94. The first-order chi connectivity index (χ1) is 39.3. The Morgan fingerprint density at radius 2 is 0.617 bits per heavy atom. The molecular weight excluding hydrogens is 1160 g/mol. The van der Waals surface area contributed by atoms with E-state index >= 15 is 0 Å². The summed E-state index contributed by atoms with van der Waals surface area (Å²) in [4.78, 5) is 9.88. The first-order valence-electron chi connectivity index (χ1n) is 27.8. The van der Waals surface area contributed by atoms with Crippen LogP contribution in [0.4, 0.5) is 0 Å². The molecule has 0 N–H and O–H groups in total. The molecule has 0 saturated carbocycles. The van der Waals surface area contributed by atoms with Crippen molar-refractivity contribution >= 4 is 43.6 Å². The number of benzene rings is 10. The molecule has 0 atom stereocenters. The van der Waals surface area contributed by atoms with Gasteiger partial charge in [-0.15, -0.1) is 58.7 Å². The Morgan fingerprint density at radius 1 is 0.321 bits per heavy atom. The van der Waals surface area contributed by atoms with Gasteiger partial charge in [0.25, 0.3) is 0 Å². The van der Waals surface area contributed by atoms with Crippen LogP contribution in [0, 0.1) is 39.8 Å². The van der Waals surface area contributed by atoms with Crippen molar-refractivity contribution in [2.75, 3.05) is 0 Å². The van der Waals surface area contributed by atoms with Crippen molar-refractivity contribution in [1.82, 2.24) is 19.1 Å². The van der Waals surface area contributed by atoms with E-state index in [0.717, 1.165) is 33.9 Å². The molecule has 4 aliphatic carbocycles. The van der Waals surface area contributed by atoms with Gasteiger partial charge in [0.15, 0.2) is 0 Å². The average molecular weight is 1210 g/mol. The fourth-order valence-corrected chi connectivity index (χ4v) is 15.0. The van der Waals surface area contributed by atoms with Crippen molar-refractivity contribution in [3.05, 3.63) is 310 Å². The van der Waals surface area contributed by atoms with E-state index < -0.39 is 10.8 Å². The van der Waals surface area contributed by atoms with Crippen LogP contribution in [0.15, 0.2) is 231 Å². The Labute approximate surface area is 485 Å². The SMILES string of the molecule is Cc1ccc2c(c1)c1cc(C)ccc1n2-c1c[c-]c2c(c1)C1(c3ccccc3-c3ccccc31)c1cccnc1-2.Cc1ccc2c(c1)c1cc(C)ccc1n2-c1c[c-]c2c(c1)C1(c3ccccc3-c3ccccc31)c1cccnc1-2.[Pt+2]. The van der Waals surface area contributed by atoms with E-state index in [-0.39, 0.29) is 21.1 Å². The van der Waals surface area contributed by atoms with Gasteiger partial charge in [-0.1, -0.05) is 167 Å². The Hall–Kier alpha value is -9.21. The maximum absolute atomic E-state index is 4.94. The van der Waals surface area contributed by atoms with E-state index in [1.165, 1.54) is 133 Å². The molecule has 0 radical (unpaired) electrons. The van der Waals surface area contributed by atoms with E-state index in [0.29, 0.717) is 0 Å². The molecule has 384 valence electrons. The Morgan fingerprint density at radius 3 is 0.938 bits per heavy atom. The molecule has 4 aromatic heterocycles. The first-order valence-corrected chi connectivity index (χ1v) is 27.8. The Bertz CT molecular complexity index is 4470. The number of fused-ring (bicyclic) bond motifs is 26. The number of hydrogen-bond acceptors (Lipinski definition) is 2. The van der Waals surface area contributed by atoms with E-state index in [1.807, 2.05) is 12.4 Å². The summed E-state index contributed by atoms with van der Waals surface area (Å²) >= 11 is 0. The van der Waals surface area contributed by atoms with Gasteiger partial charge in [-0.25, -0.2) is 0 Å². The van der Waals surface area contributed by atoms with Crippen LogP contribution in [0.1, 0.15) is 66.8 Å². The number of nitrogens with zero attached hydrogens (tertiary/aromatic N) is 4. The van der Waals surface area contributed by atoms with Crippen LogP contribution in [0.25, 0.3) is 99.8 Å². The monoisotopic (exact) mass is 1210 g/mol. The van der Waals surface area contributed by atoms with Crippen molar-refractivity contribution in [3.8, 4) is 56.1 Å². The summed E-state index contributed by atoms with van der Waals surface area (Å²) in [6, 6.07) is 88.1. The summed E-state index contributed by atoms with van der Waals surface area (Å²) in [5, 5.41) is 5.15. The third-order valence-corrected chi connectivity index (χ3v) is 18.1. The fourth-order valence-electron chi connectivity index (χ4n) is 15.0. The number of pyridine rings is 2. The fraction of sp³-hybridized carbons (Fsp3) is 0.0789. The summed E-state index contributed by atoms with van der Waals surface area (Å²) in [6.07, 6.45) is 3.82. The second kappa shape index (κ2) is 17.4. The molecule has 18 rings (SSSR count). The molecule has 0 aliphatic heterocycles. The van der Waals surface area contributed by atoms with Crippen molar-refractivity contribution in [1.29, 1.82) is 0 Å². The predicted octanol–water partition coefficient (Wildman–Crippen LogP) is 17.9. The zero-order valence-corrected chi connectivity index (χ0v) is 47.3. The summed E-state index contributed by atoms with van der Waals surface area (Å²) in [5.74, 6) is 0. The molecule has 5 heteroatoms. The van der Waals surface area contributed by atoms with Gasteiger partial charge in [0.1, 0.15) is 0 Å². The zero-order chi connectivity index (χ0) is 53.2. The molecule has 0 unspecified atom stereocenters. The molecule has 81 heavy (non-hydrogen) atoms. The van der Waals surface area contributed by atoms with E-state index in [1.54, 1.807) is 0 Å². The first kappa shape index (κ1) is 47.8.